The topological polar surface area (TPSA) is 36.3 Å². The highest BCUT2D eigenvalue weighted by atomic mass is 32.1. The smallest absolute Gasteiger partial charge is 0.264 e. The molecule has 0 heterocycles. The maximum absolute atomic E-state index is 5.10. The molecule has 0 aliphatic heterocycles. The summed E-state index contributed by atoms with van der Waals surface area (Å²) in [6, 6.07) is 7.56. The summed E-state index contributed by atoms with van der Waals surface area (Å²) >= 11 is 5.10. The van der Waals surface area contributed by atoms with Crippen LogP contribution in [0.15, 0.2) is 24.3 Å². The van der Waals surface area contributed by atoms with Crippen molar-refractivity contribution >= 4 is 29.4 Å². The summed E-state index contributed by atoms with van der Waals surface area (Å²) in [4.78, 5) is 0. The first-order chi connectivity index (χ1) is 7.61. The second-order valence-electron chi connectivity index (χ2n) is 3.42. The minimum atomic E-state index is 0.555. The number of hydrogen-bond donors (Lipinski definition) is 2. The van der Waals surface area contributed by atoms with Crippen molar-refractivity contribution in [2.45, 2.75) is 0 Å². The van der Waals surface area contributed by atoms with Gasteiger partial charge in [-0.3, -0.25) is 4.58 Å². The fourth-order valence-electron chi connectivity index (χ4n) is 1.03. The van der Waals surface area contributed by atoms with Crippen molar-refractivity contribution in [1.82, 2.24) is 5.32 Å². The van der Waals surface area contributed by atoms with Gasteiger partial charge in [-0.05, 0) is 36.5 Å². The van der Waals surface area contributed by atoms with Gasteiger partial charge >= 0.3 is 0 Å². The van der Waals surface area contributed by atoms with Gasteiger partial charge in [0, 0.05) is 5.69 Å². The van der Waals surface area contributed by atoms with E-state index in [1.165, 1.54) is 0 Å². The molecule has 0 unspecified atom stereocenters. The zero-order valence-corrected chi connectivity index (χ0v) is 10.5. The molecule has 0 amide bonds. The summed E-state index contributed by atoms with van der Waals surface area (Å²) in [7, 11) is 5.48. The van der Waals surface area contributed by atoms with Crippen molar-refractivity contribution in [3.05, 3.63) is 24.3 Å². The van der Waals surface area contributed by atoms with Gasteiger partial charge in [-0.1, -0.05) is 0 Å². The lowest BCUT2D eigenvalue weighted by Gasteiger charge is -2.05. The molecule has 0 aromatic heterocycles. The second-order valence-corrected chi connectivity index (χ2v) is 3.83. The van der Waals surface area contributed by atoms with Gasteiger partial charge in [-0.25, -0.2) is 5.32 Å². The van der Waals surface area contributed by atoms with Crippen LogP contribution in [0.1, 0.15) is 0 Å². The fourth-order valence-corrected chi connectivity index (χ4v) is 1.20. The van der Waals surface area contributed by atoms with E-state index in [9.17, 15) is 0 Å². The third-order valence-corrected chi connectivity index (χ3v) is 2.02. The third kappa shape index (κ3) is 4.27. The Labute approximate surface area is 101 Å². The molecule has 0 aliphatic carbocycles. The number of methoxy groups -OCH3 is 1. The molecule has 0 aliphatic rings. The highest BCUT2D eigenvalue weighted by Crippen LogP contribution is 2.14. The Bertz CT molecular complexity index is 383. The summed E-state index contributed by atoms with van der Waals surface area (Å²) in [5.74, 6) is 0.823. The Balaban J connectivity index is 2.53. The zero-order chi connectivity index (χ0) is 12.0. The number of nitrogens with zero attached hydrogens (tertiary/aromatic N) is 1. The molecular weight excluding hydrogens is 222 g/mol. The van der Waals surface area contributed by atoms with Gasteiger partial charge in [0.1, 0.15) is 5.75 Å². The van der Waals surface area contributed by atoms with Crippen molar-refractivity contribution in [3.8, 4) is 5.75 Å². The Morgan fingerprint density at radius 1 is 1.31 bits per heavy atom. The minimum Gasteiger partial charge on any atom is -0.497 e. The Morgan fingerprint density at radius 2 is 1.94 bits per heavy atom. The van der Waals surface area contributed by atoms with Gasteiger partial charge in [-0.15, -0.1) is 0 Å². The highest BCUT2D eigenvalue weighted by Gasteiger charge is 2.00. The Hall–Kier alpha value is -1.62. The molecule has 0 atom stereocenters. The van der Waals surface area contributed by atoms with E-state index in [1.54, 1.807) is 13.4 Å². The van der Waals surface area contributed by atoms with E-state index >= 15 is 0 Å². The first-order valence-corrected chi connectivity index (χ1v) is 5.24. The molecule has 0 spiro atoms. The van der Waals surface area contributed by atoms with Gasteiger partial charge in [-0.2, -0.15) is 0 Å². The Morgan fingerprint density at radius 3 is 2.44 bits per heavy atom. The number of thiocarbonyl (C=S) groups is 1. The molecule has 1 rings (SSSR count). The number of ether oxygens (including phenoxy) is 1. The van der Waals surface area contributed by atoms with Crippen LogP contribution < -0.4 is 15.4 Å². The monoisotopic (exact) mass is 238 g/mol. The van der Waals surface area contributed by atoms with Crippen molar-refractivity contribution in [1.29, 1.82) is 0 Å². The van der Waals surface area contributed by atoms with Crippen LogP contribution in [0, 0.1) is 0 Å². The van der Waals surface area contributed by atoms with Crippen LogP contribution in [-0.4, -0.2) is 37.2 Å². The predicted octanol–water partition coefficient (Wildman–Crippen LogP) is 1.28. The normalized spacial score (nSPS) is 9.19. The van der Waals surface area contributed by atoms with E-state index in [2.05, 4.69) is 10.6 Å². The van der Waals surface area contributed by atoms with Crippen LogP contribution in [0.5, 0.6) is 5.75 Å². The van der Waals surface area contributed by atoms with Crippen LogP contribution in [0.25, 0.3) is 0 Å². The lowest BCUT2D eigenvalue weighted by Crippen LogP contribution is -2.29. The van der Waals surface area contributed by atoms with Gasteiger partial charge in [0.2, 0.25) is 6.34 Å². The number of benzene rings is 1. The van der Waals surface area contributed by atoms with E-state index in [4.69, 9.17) is 17.0 Å². The molecular formula is C11H16N3OS+. The molecule has 5 heteroatoms. The van der Waals surface area contributed by atoms with Crippen molar-refractivity contribution in [3.63, 3.8) is 0 Å². The summed E-state index contributed by atoms with van der Waals surface area (Å²) in [6.45, 7) is 0. The zero-order valence-electron chi connectivity index (χ0n) is 9.65. The summed E-state index contributed by atoms with van der Waals surface area (Å²) in [6.07, 6.45) is 1.78. The number of nitrogens with one attached hydrogen (secondary N) is 2. The molecule has 86 valence electrons. The van der Waals surface area contributed by atoms with E-state index in [-0.39, 0.29) is 0 Å². The molecule has 16 heavy (non-hydrogen) atoms. The molecule has 1 aromatic carbocycles. The number of hydrogen-bond acceptors (Lipinski definition) is 2. The summed E-state index contributed by atoms with van der Waals surface area (Å²) in [5.41, 5.74) is 0.922. The van der Waals surface area contributed by atoms with Crippen LogP contribution in [-0.2, 0) is 0 Å². The van der Waals surface area contributed by atoms with E-state index in [0.29, 0.717) is 5.11 Å². The maximum atomic E-state index is 5.10. The van der Waals surface area contributed by atoms with Gasteiger partial charge < -0.3 is 10.1 Å². The standard InChI is InChI=1S/C11H15N3OS/c1-14(2)8-12-11(16)13-9-4-6-10(15-3)7-5-9/h4-8H,1-3H3,(H,13,16)/p+1. The largest absolute Gasteiger partial charge is 0.497 e. The minimum absolute atomic E-state index is 0.555. The number of anilines is 1. The third-order valence-electron chi connectivity index (χ3n) is 1.80. The molecule has 2 N–H and O–H groups in total. The lowest BCUT2D eigenvalue weighted by atomic mass is 10.3. The maximum Gasteiger partial charge on any atom is 0.264 e. The van der Waals surface area contributed by atoms with Crippen LogP contribution in [0.2, 0.25) is 0 Å². The lowest BCUT2D eigenvalue weighted by molar-refractivity contribution is -0.460. The highest BCUT2D eigenvalue weighted by molar-refractivity contribution is 7.80. The van der Waals surface area contributed by atoms with Crippen LogP contribution >= 0.6 is 12.2 Å². The van der Waals surface area contributed by atoms with E-state index in [1.807, 2.05) is 42.9 Å². The van der Waals surface area contributed by atoms with Crippen molar-refractivity contribution in [2.75, 3.05) is 26.5 Å². The van der Waals surface area contributed by atoms with Gasteiger partial charge in [0.15, 0.2) is 0 Å². The molecule has 0 saturated heterocycles. The molecule has 0 fully saturated rings. The van der Waals surface area contributed by atoms with Crippen molar-refractivity contribution < 1.29 is 9.31 Å². The molecule has 0 bridgehead atoms. The molecule has 0 radical (unpaired) electrons. The SMILES string of the molecule is COc1ccc(NC(=S)NC=[N+](C)C)cc1. The quantitative estimate of drug-likeness (QED) is 0.360. The predicted molar refractivity (Wildman–Crippen MR) is 70.5 cm³/mol. The van der Waals surface area contributed by atoms with Crippen LogP contribution in [0.3, 0.4) is 0 Å². The molecule has 0 saturated carbocycles. The summed E-state index contributed by atoms with van der Waals surface area (Å²) in [5, 5.41) is 6.56. The molecule has 1 aromatic rings. The van der Waals surface area contributed by atoms with Gasteiger partial charge in [0.25, 0.3) is 5.11 Å². The Kier molecular flexibility index (Phi) is 4.72. The fraction of sp³-hybridized carbons (Fsp3) is 0.273. The van der Waals surface area contributed by atoms with Gasteiger partial charge in [0.05, 0.1) is 21.2 Å². The van der Waals surface area contributed by atoms with E-state index in [0.717, 1.165) is 11.4 Å². The van der Waals surface area contributed by atoms with Crippen LogP contribution in [0.4, 0.5) is 5.69 Å². The average Bonchev–Trinajstić information content (AvgIpc) is 2.27. The molecule has 4 nitrogen and oxygen atoms in total. The second kappa shape index (κ2) is 6.07. The van der Waals surface area contributed by atoms with E-state index < -0.39 is 0 Å². The average molecular weight is 238 g/mol. The van der Waals surface area contributed by atoms with Crippen molar-refractivity contribution in [2.24, 2.45) is 0 Å². The first-order valence-electron chi connectivity index (χ1n) is 4.83. The first kappa shape index (κ1) is 12.4. The number of rotatable bonds is 3. The summed E-state index contributed by atoms with van der Waals surface area (Å²) < 4.78 is 6.94.